The summed E-state index contributed by atoms with van der Waals surface area (Å²) in [5.74, 6) is -1.33. The standard InChI is InChI=1S/C14H19NO4/c1-8(2)6-11(9(3)4)14(18)15-12(17)7-13(15)19-10(5)16/h9,13H,7H2,1-5H3. The number of imide groups is 1. The van der Waals surface area contributed by atoms with Gasteiger partial charge < -0.3 is 4.74 Å². The van der Waals surface area contributed by atoms with Crippen molar-refractivity contribution in [1.82, 2.24) is 4.90 Å². The predicted octanol–water partition coefficient (Wildman–Crippen LogP) is 1.78. The highest BCUT2D eigenvalue weighted by atomic mass is 16.6. The van der Waals surface area contributed by atoms with Crippen molar-refractivity contribution >= 4 is 17.8 Å². The summed E-state index contributed by atoms with van der Waals surface area (Å²) in [4.78, 5) is 35.7. The number of likely N-dealkylation sites (tertiary alicyclic amines) is 1. The van der Waals surface area contributed by atoms with Crippen molar-refractivity contribution < 1.29 is 19.1 Å². The smallest absolute Gasteiger partial charge is 0.304 e. The summed E-state index contributed by atoms with van der Waals surface area (Å²) in [6, 6.07) is 0. The molecule has 5 nitrogen and oxygen atoms in total. The molecule has 1 aliphatic heterocycles. The van der Waals surface area contributed by atoms with Crippen LogP contribution in [0.1, 0.15) is 41.0 Å². The molecule has 0 spiro atoms. The molecular formula is C14H19NO4. The molecule has 0 N–H and O–H groups in total. The molecule has 0 radical (unpaired) electrons. The molecule has 0 bridgehead atoms. The van der Waals surface area contributed by atoms with E-state index in [9.17, 15) is 14.4 Å². The SMILES string of the molecule is CC(=O)OC1CC(=O)N1C(=O)C(=C=C(C)C)C(C)C. The van der Waals surface area contributed by atoms with Crippen LogP contribution in [0.15, 0.2) is 16.9 Å². The van der Waals surface area contributed by atoms with Gasteiger partial charge in [0.25, 0.3) is 5.91 Å². The normalized spacial score (nSPS) is 17.7. The number of hydrogen-bond donors (Lipinski definition) is 0. The second kappa shape index (κ2) is 5.85. The van der Waals surface area contributed by atoms with E-state index in [-0.39, 0.29) is 18.2 Å². The van der Waals surface area contributed by atoms with Crippen molar-refractivity contribution in [2.75, 3.05) is 0 Å². The Morgan fingerprint density at radius 1 is 1.32 bits per heavy atom. The van der Waals surface area contributed by atoms with Gasteiger partial charge in [-0.3, -0.25) is 14.4 Å². The Morgan fingerprint density at radius 2 is 1.89 bits per heavy atom. The van der Waals surface area contributed by atoms with Gasteiger partial charge in [-0.1, -0.05) is 13.8 Å². The molecule has 0 aliphatic carbocycles. The maximum atomic E-state index is 12.3. The average molecular weight is 265 g/mol. The van der Waals surface area contributed by atoms with Gasteiger partial charge in [-0.25, -0.2) is 4.90 Å². The van der Waals surface area contributed by atoms with Crippen LogP contribution in [0, 0.1) is 5.92 Å². The Kier molecular flexibility index (Phi) is 4.67. The minimum atomic E-state index is -0.773. The number of carbonyl (C=O) groups excluding carboxylic acids is 3. The maximum absolute atomic E-state index is 12.3. The van der Waals surface area contributed by atoms with Crippen LogP contribution < -0.4 is 0 Å². The van der Waals surface area contributed by atoms with Crippen molar-refractivity contribution in [3.8, 4) is 0 Å². The Morgan fingerprint density at radius 3 is 2.26 bits per heavy atom. The minimum Gasteiger partial charge on any atom is -0.441 e. The third kappa shape index (κ3) is 3.55. The first kappa shape index (κ1) is 15.2. The summed E-state index contributed by atoms with van der Waals surface area (Å²) in [6.07, 6.45) is -0.712. The van der Waals surface area contributed by atoms with Gasteiger partial charge in [0, 0.05) is 6.92 Å². The third-order valence-corrected chi connectivity index (χ3v) is 2.62. The van der Waals surface area contributed by atoms with E-state index in [1.54, 1.807) is 0 Å². The maximum Gasteiger partial charge on any atom is 0.304 e. The Bertz CT molecular complexity index is 480. The van der Waals surface area contributed by atoms with E-state index < -0.39 is 18.1 Å². The molecule has 0 aromatic rings. The minimum absolute atomic E-state index is 0.0610. The predicted molar refractivity (Wildman–Crippen MR) is 68.7 cm³/mol. The number of β-lactam (4-membered cyclic amide) rings is 1. The van der Waals surface area contributed by atoms with Gasteiger partial charge in [-0.2, -0.15) is 0 Å². The molecule has 2 amide bonds. The van der Waals surface area contributed by atoms with Crippen molar-refractivity contribution in [1.29, 1.82) is 0 Å². The first-order valence-electron chi connectivity index (χ1n) is 6.21. The lowest BCUT2D eigenvalue weighted by molar-refractivity contribution is -0.185. The number of ether oxygens (including phenoxy) is 1. The lowest BCUT2D eigenvalue weighted by Gasteiger charge is -2.37. The highest BCUT2D eigenvalue weighted by Gasteiger charge is 2.44. The first-order valence-corrected chi connectivity index (χ1v) is 6.21. The van der Waals surface area contributed by atoms with Gasteiger partial charge in [0.1, 0.15) is 0 Å². The van der Waals surface area contributed by atoms with Gasteiger partial charge in [0.15, 0.2) is 6.23 Å². The molecule has 1 heterocycles. The zero-order chi connectivity index (χ0) is 14.7. The van der Waals surface area contributed by atoms with Gasteiger partial charge >= 0.3 is 5.97 Å². The number of amides is 2. The van der Waals surface area contributed by atoms with E-state index in [2.05, 4.69) is 5.73 Å². The third-order valence-electron chi connectivity index (χ3n) is 2.62. The van der Waals surface area contributed by atoms with Crippen LogP contribution in [-0.2, 0) is 19.1 Å². The van der Waals surface area contributed by atoms with Crippen LogP contribution in [0.2, 0.25) is 0 Å². The fourth-order valence-corrected chi connectivity index (χ4v) is 1.76. The summed E-state index contributed by atoms with van der Waals surface area (Å²) in [7, 11) is 0. The Balaban J connectivity index is 3.01. The number of esters is 1. The second-order valence-corrected chi connectivity index (χ2v) is 5.03. The monoisotopic (exact) mass is 265 g/mol. The summed E-state index contributed by atoms with van der Waals surface area (Å²) < 4.78 is 4.92. The van der Waals surface area contributed by atoms with Crippen LogP contribution in [-0.4, -0.2) is 28.9 Å². The number of hydrogen-bond acceptors (Lipinski definition) is 4. The zero-order valence-corrected chi connectivity index (χ0v) is 11.9. The van der Waals surface area contributed by atoms with E-state index in [4.69, 9.17) is 4.74 Å². The first-order chi connectivity index (χ1) is 8.73. The van der Waals surface area contributed by atoms with Gasteiger partial charge in [0.2, 0.25) is 5.91 Å². The van der Waals surface area contributed by atoms with Crippen LogP contribution in [0.3, 0.4) is 0 Å². The molecule has 5 heteroatoms. The topological polar surface area (TPSA) is 63.7 Å². The van der Waals surface area contributed by atoms with Crippen LogP contribution in [0.5, 0.6) is 0 Å². The fraction of sp³-hybridized carbons (Fsp3) is 0.571. The number of nitrogens with zero attached hydrogens (tertiary/aromatic N) is 1. The molecular weight excluding hydrogens is 246 g/mol. The van der Waals surface area contributed by atoms with Gasteiger partial charge in [-0.05, 0) is 25.3 Å². The number of rotatable bonds is 3. The van der Waals surface area contributed by atoms with Crippen molar-refractivity contribution in [2.45, 2.75) is 47.3 Å². The summed E-state index contributed by atoms with van der Waals surface area (Å²) >= 11 is 0. The average Bonchev–Trinajstić information content (AvgIpc) is 2.23. The van der Waals surface area contributed by atoms with E-state index in [0.717, 1.165) is 10.5 Å². The zero-order valence-electron chi connectivity index (χ0n) is 11.9. The Labute approximate surface area is 112 Å². The summed E-state index contributed by atoms with van der Waals surface area (Å²) in [5, 5.41) is 0. The number of carbonyl (C=O) groups is 3. The van der Waals surface area contributed by atoms with Crippen molar-refractivity contribution in [3.63, 3.8) is 0 Å². The quantitative estimate of drug-likeness (QED) is 0.338. The molecule has 1 aliphatic rings. The molecule has 0 saturated carbocycles. The lowest BCUT2D eigenvalue weighted by atomic mass is 9.99. The fourth-order valence-electron chi connectivity index (χ4n) is 1.76. The molecule has 1 atom stereocenters. The molecule has 0 aromatic heterocycles. The molecule has 19 heavy (non-hydrogen) atoms. The second-order valence-electron chi connectivity index (χ2n) is 5.03. The summed E-state index contributed by atoms with van der Waals surface area (Å²) in [5.41, 5.74) is 4.25. The van der Waals surface area contributed by atoms with E-state index in [0.29, 0.717) is 5.57 Å². The van der Waals surface area contributed by atoms with Gasteiger partial charge in [0.05, 0.1) is 12.0 Å². The molecule has 104 valence electrons. The summed E-state index contributed by atoms with van der Waals surface area (Å²) in [6.45, 7) is 8.62. The van der Waals surface area contributed by atoms with Crippen LogP contribution >= 0.6 is 0 Å². The molecule has 0 aromatic carbocycles. The largest absolute Gasteiger partial charge is 0.441 e. The van der Waals surface area contributed by atoms with Crippen molar-refractivity contribution in [2.24, 2.45) is 5.92 Å². The van der Waals surface area contributed by atoms with Crippen LogP contribution in [0.4, 0.5) is 0 Å². The van der Waals surface area contributed by atoms with Crippen LogP contribution in [0.25, 0.3) is 0 Å². The highest BCUT2D eigenvalue weighted by Crippen LogP contribution is 2.25. The van der Waals surface area contributed by atoms with Crippen molar-refractivity contribution in [3.05, 3.63) is 16.9 Å². The molecule has 1 saturated heterocycles. The lowest BCUT2D eigenvalue weighted by Crippen LogP contribution is -2.57. The van der Waals surface area contributed by atoms with E-state index in [1.807, 2.05) is 27.7 Å². The van der Waals surface area contributed by atoms with E-state index >= 15 is 0 Å². The molecule has 1 fully saturated rings. The highest BCUT2D eigenvalue weighted by molar-refractivity contribution is 6.07. The molecule has 1 rings (SSSR count). The van der Waals surface area contributed by atoms with E-state index in [1.165, 1.54) is 6.92 Å². The van der Waals surface area contributed by atoms with Gasteiger partial charge in [-0.15, -0.1) is 5.73 Å². The molecule has 1 unspecified atom stereocenters. The Hall–Kier alpha value is -1.87.